The second-order valence-electron chi connectivity index (χ2n) is 16.1. The molecule has 0 aliphatic rings. The van der Waals surface area contributed by atoms with Crippen LogP contribution in [0.1, 0.15) is 0 Å². The fourth-order valence-corrected chi connectivity index (χ4v) is 10.6. The van der Waals surface area contributed by atoms with Crippen LogP contribution in [0.25, 0.3) is 92.2 Å². The van der Waals surface area contributed by atoms with Gasteiger partial charge in [0.1, 0.15) is 0 Å². The van der Waals surface area contributed by atoms with E-state index in [0.29, 0.717) is 0 Å². The van der Waals surface area contributed by atoms with Crippen LogP contribution in [-0.4, -0.2) is 4.57 Å². The maximum Gasteiger partial charge on any atom is 0.0555 e. The lowest BCUT2D eigenvalue weighted by molar-refractivity contribution is 1.18. The zero-order chi connectivity index (χ0) is 41.7. The fraction of sp³-hybridized carbons (Fsp3) is 0. The lowest BCUT2D eigenvalue weighted by Crippen LogP contribution is -2.11. The molecule has 0 aliphatic carbocycles. The van der Waals surface area contributed by atoms with Crippen LogP contribution in [0, 0.1) is 0 Å². The standard InChI is InChI=1S/C60H40N2S/c1-4-16-41(17-5-1)44-30-34-48(35-31-44)61(57-27-15-29-59-60(57)51-25-11-13-28-58(51)63-59)54-26-12-10-24-50(54)47-22-14-23-49(38-47)62-55-36-32-45(42-18-6-2-7-19-42)39-52(55)53-40-46(33-37-56(53)62)43-20-8-3-9-21-43/h1-40H. The molecule has 0 aliphatic heterocycles. The molecule has 296 valence electrons. The van der Waals surface area contributed by atoms with Gasteiger partial charge in [-0.05, 0) is 112 Å². The summed E-state index contributed by atoms with van der Waals surface area (Å²) in [6.45, 7) is 0. The van der Waals surface area contributed by atoms with Gasteiger partial charge in [0.2, 0.25) is 0 Å². The summed E-state index contributed by atoms with van der Waals surface area (Å²) in [6.07, 6.45) is 0. The summed E-state index contributed by atoms with van der Waals surface area (Å²) >= 11 is 1.86. The first kappa shape index (κ1) is 36.8. The molecular weight excluding hydrogens is 781 g/mol. The summed E-state index contributed by atoms with van der Waals surface area (Å²) in [5.41, 5.74) is 16.4. The summed E-state index contributed by atoms with van der Waals surface area (Å²) in [6, 6.07) is 88.4. The summed E-state index contributed by atoms with van der Waals surface area (Å²) in [7, 11) is 0. The molecule has 2 aromatic heterocycles. The van der Waals surface area contributed by atoms with Crippen LogP contribution in [0.5, 0.6) is 0 Å². The first-order chi connectivity index (χ1) is 31.2. The number of hydrogen-bond donors (Lipinski definition) is 0. The Bertz CT molecular complexity index is 3510. The zero-order valence-corrected chi connectivity index (χ0v) is 35.2. The Labute approximate surface area is 370 Å². The monoisotopic (exact) mass is 820 g/mol. The van der Waals surface area contributed by atoms with Gasteiger partial charge in [0, 0.05) is 47.9 Å². The van der Waals surface area contributed by atoms with Crippen LogP contribution < -0.4 is 4.90 Å². The Balaban J connectivity index is 1.05. The molecule has 0 spiro atoms. The number of thiophene rings is 1. The lowest BCUT2D eigenvalue weighted by atomic mass is 9.99. The largest absolute Gasteiger partial charge is 0.309 e. The van der Waals surface area contributed by atoms with E-state index in [2.05, 4.69) is 252 Å². The Morgan fingerprint density at radius 2 is 0.810 bits per heavy atom. The fourth-order valence-electron chi connectivity index (χ4n) is 9.43. The molecule has 12 rings (SSSR count). The highest BCUT2D eigenvalue weighted by atomic mass is 32.1. The molecule has 63 heavy (non-hydrogen) atoms. The number of rotatable bonds is 8. The van der Waals surface area contributed by atoms with Gasteiger partial charge in [0.15, 0.2) is 0 Å². The minimum Gasteiger partial charge on any atom is -0.309 e. The average molecular weight is 821 g/mol. The number of para-hydroxylation sites is 1. The second-order valence-corrected chi connectivity index (χ2v) is 17.2. The summed E-state index contributed by atoms with van der Waals surface area (Å²) < 4.78 is 5.01. The van der Waals surface area contributed by atoms with E-state index in [-0.39, 0.29) is 0 Å². The van der Waals surface area contributed by atoms with E-state index in [9.17, 15) is 0 Å². The Kier molecular flexibility index (Phi) is 9.06. The number of fused-ring (bicyclic) bond motifs is 6. The van der Waals surface area contributed by atoms with E-state index >= 15 is 0 Å². The van der Waals surface area contributed by atoms with E-state index in [0.717, 1.165) is 33.9 Å². The Morgan fingerprint density at radius 1 is 0.317 bits per heavy atom. The number of anilines is 3. The summed E-state index contributed by atoms with van der Waals surface area (Å²) in [5.74, 6) is 0. The molecule has 0 radical (unpaired) electrons. The van der Waals surface area contributed by atoms with Crippen molar-refractivity contribution in [3.63, 3.8) is 0 Å². The van der Waals surface area contributed by atoms with Gasteiger partial charge in [0.25, 0.3) is 0 Å². The highest BCUT2D eigenvalue weighted by Crippen LogP contribution is 2.48. The minimum atomic E-state index is 1.10. The average Bonchev–Trinajstić information content (AvgIpc) is 3.91. The molecule has 0 unspecified atom stereocenters. The molecule has 3 heteroatoms. The smallest absolute Gasteiger partial charge is 0.0555 e. The molecular formula is C60H40N2S. The van der Waals surface area contributed by atoms with Crippen LogP contribution in [0.2, 0.25) is 0 Å². The predicted octanol–water partition coefficient (Wildman–Crippen LogP) is 17.3. The third kappa shape index (κ3) is 6.50. The van der Waals surface area contributed by atoms with E-state index in [4.69, 9.17) is 0 Å². The van der Waals surface area contributed by atoms with Crippen molar-refractivity contribution in [3.05, 3.63) is 243 Å². The quantitative estimate of drug-likeness (QED) is 0.148. The van der Waals surface area contributed by atoms with Crippen LogP contribution in [0.4, 0.5) is 17.1 Å². The first-order valence-electron chi connectivity index (χ1n) is 21.5. The van der Waals surface area contributed by atoms with E-state index in [1.807, 2.05) is 11.3 Å². The van der Waals surface area contributed by atoms with Crippen LogP contribution >= 0.6 is 11.3 Å². The van der Waals surface area contributed by atoms with Crippen LogP contribution in [-0.2, 0) is 0 Å². The van der Waals surface area contributed by atoms with Gasteiger partial charge in [-0.25, -0.2) is 0 Å². The third-order valence-corrected chi connectivity index (χ3v) is 13.5. The van der Waals surface area contributed by atoms with Gasteiger partial charge in [0.05, 0.1) is 22.4 Å². The predicted molar refractivity (Wildman–Crippen MR) is 270 cm³/mol. The van der Waals surface area contributed by atoms with Crippen LogP contribution in [0.3, 0.4) is 0 Å². The van der Waals surface area contributed by atoms with Gasteiger partial charge in [-0.2, -0.15) is 0 Å². The highest BCUT2D eigenvalue weighted by molar-refractivity contribution is 7.26. The summed E-state index contributed by atoms with van der Waals surface area (Å²) in [5, 5.41) is 5.01. The van der Waals surface area contributed by atoms with Crippen molar-refractivity contribution in [2.24, 2.45) is 0 Å². The molecule has 10 aromatic carbocycles. The van der Waals surface area contributed by atoms with E-state index < -0.39 is 0 Å². The van der Waals surface area contributed by atoms with Crippen molar-refractivity contribution >= 4 is 70.4 Å². The topological polar surface area (TPSA) is 8.17 Å². The van der Waals surface area contributed by atoms with Crippen LogP contribution in [0.15, 0.2) is 243 Å². The van der Waals surface area contributed by atoms with Crippen molar-refractivity contribution in [1.82, 2.24) is 4.57 Å². The molecule has 2 heterocycles. The lowest BCUT2D eigenvalue weighted by Gasteiger charge is -2.29. The van der Waals surface area contributed by atoms with E-state index in [1.165, 1.54) is 75.4 Å². The summed E-state index contributed by atoms with van der Waals surface area (Å²) in [4.78, 5) is 2.47. The SMILES string of the molecule is c1ccc(-c2ccc(N(c3ccccc3-c3cccc(-n4c5ccc(-c6ccccc6)cc5c5cc(-c6ccccc6)ccc54)c3)c3cccc4sc5ccccc5c34)cc2)cc1. The van der Waals surface area contributed by atoms with Gasteiger partial charge in [-0.3, -0.25) is 0 Å². The molecule has 0 amide bonds. The molecule has 0 bridgehead atoms. The Hall–Kier alpha value is -7.98. The number of nitrogens with zero attached hydrogens (tertiary/aromatic N) is 2. The molecule has 0 saturated heterocycles. The number of hydrogen-bond acceptors (Lipinski definition) is 2. The number of benzene rings is 10. The van der Waals surface area contributed by atoms with Crippen molar-refractivity contribution < 1.29 is 0 Å². The number of aromatic nitrogens is 1. The van der Waals surface area contributed by atoms with E-state index in [1.54, 1.807) is 0 Å². The highest BCUT2D eigenvalue weighted by Gasteiger charge is 2.22. The molecule has 0 N–H and O–H groups in total. The maximum atomic E-state index is 2.47. The minimum absolute atomic E-state index is 1.10. The van der Waals surface area contributed by atoms with Crippen molar-refractivity contribution in [2.45, 2.75) is 0 Å². The molecule has 0 fully saturated rings. The maximum absolute atomic E-state index is 2.47. The normalized spacial score (nSPS) is 11.5. The second kappa shape index (κ2) is 15.5. The zero-order valence-electron chi connectivity index (χ0n) is 34.4. The van der Waals surface area contributed by atoms with Crippen molar-refractivity contribution in [1.29, 1.82) is 0 Å². The van der Waals surface area contributed by atoms with Gasteiger partial charge >= 0.3 is 0 Å². The van der Waals surface area contributed by atoms with Crippen molar-refractivity contribution in [3.8, 4) is 50.2 Å². The van der Waals surface area contributed by atoms with Crippen molar-refractivity contribution in [2.75, 3.05) is 4.90 Å². The Morgan fingerprint density at radius 3 is 1.48 bits per heavy atom. The van der Waals surface area contributed by atoms with Gasteiger partial charge in [-0.1, -0.05) is 170 Å². The first-order valence-corrected chi connectivity index (χ1v) is 22.3. The molecule has 0 saturated carbocycles. The molecule has 12 aromatic rings. The molecule has 2 nitrogen and oxygen atoms in total. The van der Waals surface area contributed by atoms with Gasteiger partial charge in [-0.15, -0.1) is 11.3 Å². The molecule has 0 atom stereocenters. The van der Waals surface area contributed by atoms with Gasteiger partial charge < -0.3 is 9.47 Å². The third-order valence-electron chi connectivity index (χ3n) is 12.4.